The number of carbonyl (C=O) groups excluding carboxylic acids is 1. The van der Waals surface area contributed by atoms with Crippen LogP contribution in [0.1, 0.15) is 87.1 Å². The number of carboxylic acids is 1. The standard InChI is InChI=1S/C22H29FO2.C6H9F2NO2/c1-14-5-16-6-15(2)10-22(9-14,11-16)13-25-21-8-20(23)18(12-24)7-19(21)17-3-4-17;1-9-3-6(7,8)2-4(9)5(10)11/h7-8,12,14-17H,3-6,9-11,13H2,1-2H3;4H,2-3H2,1H3,(H,10,11). The molecule has 1 aromatic carbocycles. The molecule has 1 N–H and O–H groups in total. The minimum atomic E-state index is -2.84. The first kappa shape index (κ1) is 27.0. The van der Waals surface area contributed by atoms with Gasteiger partial charge in [-0.25, -0.2) is 13.2 Å². The summed E-state index contributed by atoms with van der Waals surface area (Å²) < 4.78 is 45.4. The van der Waals surface area contributed by atoms with Crippen molar-refractivity contribution in [2.24, 2.45) is 23.2 Å². The second-order valence-electron chi connectivity index (χ2n) is 12.1. The molecular weight excluding hydrogens is 471 g/mol. The number of aldehydes is 1. The number of alkyl halides is 2. The molecular formula is C28H38F3NO4. The predicted molar refractivity (Wildman–Crippen MR) is 130 cm³/mol. The number of hydrogen-bond donors (Lipinski definition) is 1. The van der Waals surface area contributed by atoms with E-state index in [-0.39, 0.29) is 11.0 Å². The molecule has 0 aromatic heterocycles. The van der Waals surface area contributed by atoms with Crippen LogP contribution in [0.4, 0.5) is 13.2 Å². The van der Waals surface area contributed by atoms with Crippen molar-refractivity contribution in [3.05, 3.63) is 29.1 Å². The average Bonchev–Trinajstić information content (AvgIpc) is 3.56. The van der Waals surface area contributed by atoms with E-state index in [1.54, 1.807) is 6.07 Å². The Morgan fingerprint density at radius 3 is 2.25 bits per heavy atom. The molecule has 1 aliphatic heterocycles. The number of rotatable bonds is 6. The molecule has 200 valence electrons. The lowest BCUT2D eigenvalue weighted by molar-refractivity contribution is -0.141. The van der Waals surface area contributed by atoms with Gasteiger partial charge < -0.3 is 9.84 Å². The molecule has 5 rings (SSSR count). The maximum absolute atomic E-state index is 14.1. The Labute approximate surface area is 211 Å². The van der Waals surface area contributed by atoms with E-state index in [1.165, 1.54) is 45.2 Å². The van der Waals surface area contributed by atoms with Gasteiger partial charge in [0.05, 0.1) is 18.7 Å². The number of aliphatic carboxylic acids is 1. The minimum Gasteiger partial charge on any atom is -0.493 e. The van der Waals surface area contributed by atoms with Crippen LogP contribution in [0.2, 0.25) is 0 Å². The van der Waals surface area contributed by atoms with Crippen molar-refractivity contribution in [2.45, 2.75) is 83.1 Å². The fourth-order valence-electron chi connectivity index (χ4n) is 7.09. The van der Waals surface area contributed by atoms with Crippen molar-refractivity contribution in [3.63, 3.8) is 0 Å². The number of carboxylic acid groups (broad SMARTS) is 1. The van der Waals surface area contributed by atoms with Gasteiger partial charge in [0, 0.05) is 17.9 Å². The first-order valence-corrected chi connectivity index (χ1v) is 13.1. The second-order valence-corrected chi connectivity index (χ2v) is 12.1. The van der Waals surface area contributed by atoms with E-state index in [0.29, 0.717) is 24.6 Å². The van der Waals surface area contributed by atoms with Crippen LogP contribution in [-0.2, 0) is 4.79 Å². The molecule has 1 heterocycles. The highest BCUT2D eigenvalue weighted by Gasteiger charge is 2.46. The van der Waals surface area contributed by atoms with Gasteiger partial charge in [0.15, 0.2) is 6.29 Å². The normalized spacial score (nSPS) is 33.4. The number of halogens is 3. The van der Waals surface area contributed by atoms with Gasteiger partial charge >= 0.3 is 5.97 Å². The molecule has 0 amide bonds. The second kappa shape index (κ2) is 10.3. The van der Waals surface area contributed by atoms with Crippen LogP contribution in [0.3, 0.4) is 0 Å². The molecule has 5 nitrogen and oxygen atoms in total. The third-order valence-electron chi connectivity index (χ3n) is 8.35. The van der Waals surface area contributed by atoms with Crippen molar-refractivity contribution in [2.75, 3.05) is 20.2 Å². The van der Waals surface area contributed by atoms with E-state index in [1.807, 2.05) is 0 Å². The summed E-state index contributed by atoms with van der Waals surface area (Å²) >= 11 is 0. The molecule has 36 heavy (non-hydrogen) atoms. The Bertz CT molecular complexity index is 960. The van der Waals surface area contributed by atoms with Crippen molar-refractivity contribution >= 4 is 12.3 Å². The number of likely N-dealkylation sites (N-methyl/N-ethyl adjacent to an activating group) is 1. The van der Waals surface area contributed by atoms with E-state index in [0.717, 1.165) is 41.1 Å². The zero-order valence-corrected chi connectivity index (χ0v) is 21.4. The van der Waals surface area contributed by atoms with Crippen molar-refractivity contribution in [1.82, 2.24) is 4.90 Å². The number of benzene rings is 1. The number of likely N-dealkylation sites (tertiary alicyclic amines) is 1. The number of hydrogen-bond acceptors (Lipinski definition) is 4. The molecule has 8 heteroatoms. The quantitative estimate of drug-likeness (QED) is 0.466. The molecule has 0 spiro atoms. The molecule has 4 fully saturated rings. The van der Waals surface area contributed by atoms with Gasteiger partial charge in [-0.1, -0.05) is 13.8 Å². The van der Waals surface area contributed by atoms with Crippen LogP contribution >= 0.6 is 0 Å². The maximum atomic E-state index is 14.1. The van der Waals surface area contributed by atoms with E-state index in [4.69, 9.17) is 9.84 Å². The SMILES string of the molecule is CC1CC2CC(C)CC(COc3cc(F)c(C=O)cc3C3CC3)(C1)C2.CN1CC(F)(F)CC1C(=O)O. The highest BCUT2D eigenvalue weighted by Crippen LogP contribution is 2.53. The Hall–Kier alpha value is -2.09. The topological polar surface area (TPSA) is 66.8 Å². The summed E-state index contributed by atoms with van der Waals surface area (Å²) in [5.74, 6) is -1.02. The Morgan fingerprint density at radius 1 is 1.14 bits per heavy atom. The zero-order valence-electron chi connectivity index (χ0n) is 21.4. The van der Waals surface area contributed by atoms with Gasteiger partial charge in [-0.15, -0.1) is 0 Å². The maximum Gasteiger partial charge on any atom is 0.321 e. The summed E-state index contributed by atoms with van der Waals surface area (Å²) in [5, 5.41) is 8.44. The molecule has 3 unspecified atom stereocenters. The van der Waals surface area contributed by atoms with Crippen LogP contribution in [0.15, 0.2) is 12.1 Å². The van der Waals surface area contributed by atoms with Crippen LogP contribution in [-0.4, -0.2) is 54.4 Å². The molecule has 0 radical (unpaired) electrons. The predicted octanol–water partition coefficient (Wildman–Crippen LogP) is 6.16. The Kier molecular flexibility index (Phi) is 7.75. The summed E-state index contributed by atoms with van der Waals surface area (Å²) in [6, 6.07) is 2.14. The average molecular weight is 510 g/mol. The first-order chi connectivity index (χ1) is 16.9. The van der Waals surface area contributed by atoms with Crippen LogP contribution < -0.4 is 4.74 Å². The van der Waals surface area contributed by atoms with Gasteiger partial charge in [0.2, 0.25) is 0 Å². The van der Waals surface area contributed by atoms with Gasteiger partial charge in [0.25, 0.3) is 5.92 Å². The molecule has 3 atom stereocenters. The van der Waals surface area contributed by atoms with E-state index in [2.05, 4.69) is 13.8 Å². The van der Waals surface area contributed by atoms with Crippen molar-refractivity contribution in [1.29, 1.82) is 0 Å². The fourth-order valence-corrected chi connectivity index (χ4v) is 7.09. The van der Waals surface area contributed by atoms with Crippen LogP contribution in [0, 0.1) is 29.0 Å². The van der Waals surface area contributed by atoms with Gasteiger partial charge in [0.1, 0.15) is 17.6 Å². The number of nitrogens with zero attached hydrogens (tertiary/aromatic N) is 1. The van der Waals surface area contributed by atoms with E-state index < -0.39 is 36.7 Å². The summed E-state index contributed by atoms with van der Waals surface area (Å²) in [6.07, 6.45) is 8.67. The Morgan fingerprint density at radius 2 is 1.78 bits per heavy atom. The summed E-state index contributed by atoms with van der Waals surface area (Å²) in [5.41, 5.74) is 1.44. The van der Waals surface area contributed by atoms with Crippen molar-refractivity contribution in [3.8, 4) is 5.75 Å². The lowest BCUT2D eigenvalue weighted by Crippen LogP contribution is -2.43. The first-order valence-electron chi connectivity index (χ1n) is 13.1. The minimum absolute atomic E-state index is 0.157. The largest absolute Gasteiger partial charge is 0.493 e. The van der Waals surface area contributed by atoms with Crippen LogP contribution in [0.25, 0.3) is 0 Å². The Balaban J connectivity index is 0.000000233. The molecule has 3 aliphatic carbocycles. The monoisotopic (exact) mass is 509 g/mol. The highest BCUT2D eigenvalue weighted by atomic mass is 19.3. The van der Waals surface area contributed by atoms with E-state index >= 15 is 0 Å². The summed E-state index contributed by atoms with van der Waals surface area (Å²) in [4.78, 5) is 22.6. The third-order valence-corrected chi connectivity index (χ3v) is 8.35. The lowest BCUT2D eigenvalue weighted by atomic mass is 9.57. The molecule has 1 aromatic rings. The fraction of sp³-hybridized carbons (Fsp3) is 0.714. The number of carbonyl (C=O) groups is 2. The molecule has 2 bridgehead atoms. The summed E-state index contributed by atoms with van der Waals surface area (Å²) in [6.45, 7) is 4.97. The third kappa shape index (κ3) is 6.24. The number of fused-ring (bicyclic) bond motifs is 2. The zero-order chi connectivity index (χ0) is 26.3. The lowest BCUT2D eigenvalue weighted by Gasteiger charge is -2.49. The summed E-state index contributed by atoms with van der Waals surface area (Å²) in [7, 11) is 1.39. The van der Waals surface area contributed by atoms with Gasteiger partial charge in [-0.3, -0.25) is 14.5 Å². The van der Waals surface area contributed by atoms with Crippen molar-refractivity contribution < 1.29 is 32.6 Å². The van der Waals surface area contributed by atoms with Gasteiger partial charge in [-0.05, 0) is 87.3 Å². The van der Waals surface area contributed by atoms with Gasteiger partial charge in [-0.2, -0.15) is 0 Å². The molecule has 4 aliphatic rings. The number of ether oxygens (including phenoxy) is 1. The molecule has 3 saturated carbocycles. The highest BCUT2D eigenvalue weighted by molar-refractivity contribution is 5.76. The molecule has 1 saturated heterocycles. The van der Waals surface area contributed by atoms with Crippen LogP contribution in [0.5, 0.6) is 5.75 Å². The van der Waals surface area contributed by atoms with E-state index in [9.17, 15) is 22.8 Å². The smallest absolute Gasteiger partial charge is 0.321 e.